The maximum Gasteiger partial charge on any atom is 1.00 e. The van der Waals surface area contributed by atoms with Crippen LogP contribution in [0.4, 0.5) is 0 Å². The zero-order valence-corrected chi connectivity index (χ0v) is 12.1. The van der Waals surface area contributed by atoms with E-state index in [0.29, 0.717) is 10.8 Å². The molecule has 0 saturated heterocycles. The van der Waals surface area contributed by atoms with E-state index in [-0.39, 0.29) is 37.6 Å². The molecule has 0 atom stereocenters. The second-order valence-corrected chi connectivity index (χ2v) is 5.80. The molecule has 78 valence electrons. The van der Waals surface area contributed by atoms with Gasteiger partial charge in [0, 0.05) is 10.8 Å². The van der Waals surface area contributed by atoms with E-state index < -0.39 is 9.15 Å². The molecule has 1 rings (SSSR count). The monoisotopic (exact) mass is 254 g/mol. The SMILES string of the molecule is C=CSS(=O)(=O)OCc1ccccc1.[H-].[Na+]. The Hall–Kier alpha value is 0.220. The summed E-state index contributed by atoms with van der Waals surface area (Å²) in [6.45, 7) is 3.36. The predicted octanol–water partition coefficient (Wildman–Crippen LogP) is -0.559. The zero-order valence-electron chi connectivity index (χ0n) is 9.42. The van der Waals surface area contributed by atoms with Gasteiger partial charge in [-0.25, -0.2) is 0 Å². The van der Waals surface area contributed by atoms with E-state index in [1.165, 1.54) is 5.41 Å². The van der Waals surface area contributed by atoms with Crippen molar-refractivity contribution in [3.63, 3.8) is 0 Å². The normalized spacial score (nSPS) is 10.4. The van der Waals surface area contributed by atoms with Crippen LogP contribution in [0.5, 0.6) is 0 Å². The Bertz CT molecular complexity index is 394. The van der Waals surface area contributed by atoms with Crippen molar-refractivity contribution >= 4 is 19.9 Å². The van der Waals surface area contributed by atoms with Crippen LogP contribution in [0.3, 0.4) is 0 Å². The molecule has 15 heavy (non-hydrogen) atoms. The maximum atomic E-state index is 11.1. The van der Waals surface area contributed by atoms with Gasteiger partial charge in [0.1, 0.15) is 0 Å². The van der Waals surface area contributed by atoms with Gasteiger partial charge in [-0.3, -0.25) is 4.18 Å². The number of hydrogen-bond acceptors (Lipinski definition) is 4. The average molecular weight is 254 g/mol. The Morgan fingerprint density at radius 2 is 2.00 bits per heavy atom. The summed E-state index contributed by atoms with van der Waals surface area (Å²) in [6, 6.07) is 9.11. The van der Waals surface area contributed by atoms with Crippen molar-refractivity contribution in [2.45, 2.75) is 6.61 Å². The summed E-state index contributed by atoms with van der Waals surface area (Å²) in [6.07, 6.45) is 0. The van der Waals surface area contributed by atoms with Crippen LogP contribution in [0.15, 0.2) is 42.3 Å². The third-order valence-corrected chi connectivity index (χ3v) is 3.58. The van der Waals surface area contributed by atoms with Crippen LogP contribution in [-0.2, 0) is 19.9 Å². The summed E-state index contributed by atoms with van der Waals surface area (Å²) < 4.78 is 26.9. The molecule has 0 saturated carbocycles. The van der Waals surface area contributed by atoms with Gasteiger partial charge in [0.15, 0.2) is 0 Å². The van der Waals surface area contributed by atoms with E-state index in [4.69, 9.17) is 4.18 Å². The van der Waals surface area contributed by atoms with E-state index in [9.17, 15) is 8.42 Å². The summed E-state index contributed by atoms with van der Waals surface area (Å²) in [5, 5.41) is 1.22. The molecule has 6 heteroatoms. The first-order valence-electron chi connectivity index (χ1n) is 3.86. The van der Waals surface area contributed by atoms with Crippen LogP contribution in [0.2, 0.25) is 0 Å². The van der Waals surface area contributed by atoms with Crippen molar-refractivity contribution in [3.8, 4) is 0 Å². The standard InChI is InChI=1S/C9H10O3S2.Na.H/c1-2-13-14(10,11)12-8-9-6-4-3-5-7-9;;/h2-7H,1,8H2;;/q;+1;-1. The van der Waals surface area contributed by atoms with E-state index in [2.05, 4.69) is 6.58 Å². The van der Waals surface area contributed by atoms with Crippen molar-refractivity contribution < 1.29 is 43.6 Å². The molecule has 0 aliphatic carbocycles. The van der Waals surface area contributed by atoms with Gasteiger partial charge in [-0.1, -0.05) is 36.9 Å². The molecule has 0 aromatic heterocycles. The van der Waals surface area contributed by atoms with Gasteiger partial charge in [0.25, 0.3) is 0 Å². The van der Waals surface area contributed by atoms with Gasteiger partial charge in [-0.15, -0.1) is 0 Å². The summed E-state index contributed by atoms with van der Waals surface area (Å²) >= 11 is 0. The minimum atomic E-state index is -3.53. The number of rotatable bonds is 5. The van der Waals surface area contributed by atoms with Crippen LogP contribution in [0, 0.1) is 0 Å². The van der Waals surface area contributed by atoms with E-state index >= 15 is 0 Å². The summed E-state index contributed by atoms with van der Waals surface area (Å²) in [5.41, 5.74) is 0.820. The van der Waals surface area contributed by atoms with Crippen molar-refractivity contribution in [1.29, 1.82) is 0 Å². The molecule has 0 heterocycles. The first-order chi connectivity index (χ1) is 6.64. The Kier molecular flexibility index (Phi) is 7.60. The number of benzene rings is 1. The Balaban J connectivity index is 0. The third-order valence-electron chi connectivity index (χ3n) is 1.40. The fourth-order valence-corrected chi connectivity index (χ4v) is 2.14. The summed E-state index contributed by atoms with van der Waals surface area (Å²) in [5.74, 6) is 0. The van der Waals surface area contributed by atoms with Crippen LogP contribution < -0.4 is 29.6 Å². The molecule has 0 fully saturated rings. The summed E-state index contributed by atoms with van der Waals surface area (Å²) in [7, 11) is -2.96. The minimum absolute atomic E-state index is 0. The molecule has 0 spiro atoms. The second kappa shape index (κ2) is 7.49. The predicted molar refractivity (Wildman–Crippen MR) is 59.1 cm³/mol. The van der Waals surface area contributed by atoms with Crippen LogP contribution >= 0.6 is 10.8 Å². The van der Waals surface area contributed by atoms with Crippen LogP contribution in [-0.4, -0.2) is 8.42 Å². The van der Waals surface area contributed by atoms with Gasteiger partial charge in [0.05, 0.1) is 6.61 Å². The quantitative estimate of drug-likeness (QED) is 0.522. The molecule has 1 aromatic rings. The molecule has 0 amide bonds. The number of hydrogen-bond donors (Lipinski definition) is 0. The van der Waals surface area contributed by atoms with Crippen molar-refractivity contribution in [1.82, 2.24) is 0 Å². The third kappa shape index (κ3) is 6.40. The molecular weight excluding hydrogens is 243 g/mol. The molecule has 0 unspecified atom stereocenters. The zero-order chi connectivity index (χ0) is 10.4. The minimum Gasteiger partial charge on any atom is -1.00 e. The van der Waals surface area contributed by atoms with Crippen molar-refractivity contribution in [2.24, 2.45) is 0 Å². The molecule has 1 aromatic carbocycles. The van der Waals surface area contributed by atoms with Crippen molar-refractivity contribution in [3.05, 3.63) is 47.9 Å². The van der Waals surface area contributed by atoms with Crippen LogP contribution in [0.1, 0.15) is 6.99 Å². The van der Waals surface area contributed by atoms with Gasteiger partial charge < -0.3 is 1.43 Å². The topological polar surface area (TPSA) is 43.4 Å². The summed E-state index contributed by atoms with van der Waals surface area (Å²) in [4.78, 5) is 0. The van der Waals surface area contributed by atoms with Crippen molar-refractivity contribution in [2.75, 3.05) is 0 Å². The van der Waals surface area contributed by atoms with E-state index in [0.717, 1.165) is 5.56 Å². The fourth-order valence-electron chi connectivity index (χ4n) is 0.826. The molecule has 0 aliphatic rings. The van der Waals surface area contributed by atoms with E-state index in [1.54, 1.807) is 12.1 Å². The largest absolute Gasteiger partial charge is 1.00 e. The molecular formula is C9H11NaO3S2. The van der Waals surface area contributed by atoms with Gasteiger partial charge in [-0.2, -0.15) is 8.42 Å². The second-order valence-electron chi connectivity index (χ2n) is 2.42. The first-order valence-corrected chi connectivity index (χ1v) is 6.67. The van der Waals surface area contributed by atoms with E-state index in [1.807, 2.05) is 18.2 Å². The molecule has 0 radical (unpaired) electrons. The van der Waals surface area contributed by atoms with Gasteiger partial charge in [0.2, 0.25) is 0 Å². The fraction of sp³-hybridized carbons (Fsp3) is 0.111. The Labute approximate surface area is 117 Å². The van der Waals surface area contributed by atoms with Crippen LogP contribution in [0.25, 0.3) is 0 Å². The Morgan fingerprint density at radius 3 is 2.53 bits per heavy atom. The molecule has 0 bridgehead atoms. The smallest absolute Gasteiger partial charge is 1.00 e. The first kappa shape index (κ1) is 15.2. The molecule has 0 aliphatic heterocycles. The van der Waals surface area contributed by atoms with Gasteiger partial charge >= 0.3 is 38.7 Å². The average Bonchev–Trinajstić information content (AvgIpc) is 2.17. The molecule has 0 N–H and O–H groups in total. The maximum absolute atomic E-state index is 11.1. The Morgan fingerprint density at radius 1 is 1.40 bits per heavy atom. The molecule has 3 nitrogen and oxygen atoms in total. The van der Waals surface area contributed by atoms with Gasteiger partial charge in [-0.05, 0) is 11.0 Å².